The third kappa shape index (κ3) is 4.37. The molecular formula is C18H21N3O4. The van der Waals surface area contributed by atoms with E-state index in [1.807, 2.05) is 30.3 Å². The minimum atomic E-state index is -0.540. The molecule has 7 nitrogen and oxygen atoms in total. The van der Waals surface area contributed by atoms with Crippen molar-refractivity contribution in [3.05, 3.63) is 42.5 Å². The van der Waals surface area contributed by atoms with E-state index in [-0.39, 0.29) is 12.0 Å². The average Bonchev–Trinajstić information content (AvgIpc) is 3.11. The van der Waals surface area contributed by atoms with Crippen LogP contribution in [0.1, 0.15) is 13.3 Å². The Hall–Kier alpha value is -2.83. The van der Waals surface area contributed by atoms with E-state index in [4.69, 9.17) is 14.2 Å². The van der Waals surface area contributed by atoms with Crippen LogP contribution in [0.3, 0.4) is 0 Å². The molecule has 1 aromatic carbocycles. The third-order valence-corrected chi connectivity index (χ3v) is 3.97. The van der Waals surface area contributed by atoms with Crippen LogP contribution in [0.4, 0.5) is 0 Å². The van der Waals surface area contributed by atoms with Crippen LogP contribution in [0.5, 0.6) is 17.5 Å². The maximum absolute atomic E-state index is 12.5. The largest absolute Gasteiger partial charge is 0.481 e. The molecule has 3 rings (SSSR count). The molecule has 25 heavy (non-hydrogen) atoms. The number of methoxy groups -OCH3 is 1. The molecule has 2 aromatic rings. The maximum atomic E-state index is 12.5. The number of para-hydroxylation sites is 1. The molecule has 0 unspecified atom stereocenters. The molecule has 132 valence electrons. The highest BCUT2D eigenvalue weighted by molar-refractivity contribution is 5.81. The Morgan fingerprint density at radius 1 is 1.16 bits per heavy atom. The summed E-state index contributed by atoms with van der Waals surface area (Å²) in [5, 5.41) is 7.82. The van der Waals surface area contributed by atoms with E-state index in [1.54, 1.807) is 24.0 Å². The smallest absolute Gasteiger partial charge is 0.263 e. The summed E-state index contributed by atoms with van der Waals surface area (Å²) in [5.41, 5.74) is 0. The van der Waals surface area contributed by atoms with Crippen LogP contribution >= 0.6 is 0 Å². The van der Waals surface area contributed by atoms with E-state index >= 15 is 0 Å². The molecule has 1 amide bonds. The van der Waals surface area contributed by atoms with Crippen LogP contribution in [0.15, 0.2) is 42.5 Å². The molecule has 0 N–H and O–H groups in total. The van der Waals surface area contributed by atoms with Gasteiger partial charge in [0.05, 0.1) is 13.7 Å². The second-order valence-electron chi connectivity index (χ2n) is 5.80. The van der Waals surface area contributed by atoms with Gasteiger partial charge in [0.25, 0.3) is 5.91 Å². The summed E-state index contributed by atoms with van der Waals surface area (Å²) in [6.45, 7) is 2.91. The van der Waals surface area contributed by atoms with Crippen molar-refractivity contribution in [2.24, 2.45) is 0 Å². The molecule has 2 atom stereocenters. The molecule has 1 aromatic heterocycles. The summed E-state index contributed by atoms with van der Waals surface area (Å²) in [6, 6.07) is 12.7. The van der Waals surface area contributed by atoms with Crippen LogP contribution in [-0.2, 0) is 4.79 Å². The van der Waals surface area contributed by atoms with E-state index in [0.29, 0.717) is 30.6 Å². The molecule has 0 spiro atoms. The van der Waals surface area contributed by atoms with Crippen LogP contribution in [0.25, 0.3) is 0 Å². The first kappa shape index (κ1) is 17.0. The second kappa shape index (κ2) is 7.83. The molecule has 1 aliphatic heterocycles. The van der Waals surface area contributed by atoms with E-state index in [2.05, 4.69) is 10.2 Å². The maximum Gasteiger partial charge on any atom is 0.263 e. The lowest BCUT2D eigenvalue weighted by Crippen LogP contribution is -2.40. The Balaban J connectivity index is 1.51. The number of ether oxygens (including phenoxy) is 3. The zero-order chi connectivity index (χ0) is 17.6. The fourth-order valence-electron chi connectivity index (χ4n) is 2.69. The van der Waals surface area contributed by atoms with Gasteiger partial charge in [-0.2, -0.15) is 0 Å². The van der Waals surface area contributed by atoms with Crippen LogP contribution in [0, 0.1) is 0 Å². The van der Waals surface area contributed by atoms with E-state index in [1.165, 1.54) is 7.11 Å². The minimum Gasteiger partial charge on any atom is -0.481 e. The molecule has 1 aliphatic rings. The van der Waals surface area contributed by atoms with E-state index in [0.717, 1.165) is 6.42 Å². The van der Waals surface area contributed by atoms with Gasteiger partial charge < -0.3 is 19.1 Å². The number of hydrogen-bond donors (Lipinski definition) is 0. The summed E-state index contributed by atoms with van der Waals surface area (Å²) < 4.78 is 16.5. The Labute approximate surface area is 146 Å². The van der Waals surface area contributed by atoms with Gasteiger partial charge in [-0.05, 0) is 19.1 Å². The number of amides is 1. The number of aromatic nitrogens is 2. The number of benzene rings is 1. The van der Waals surface area contributed by atoms with Crippen molar-refractivity contribution in [1.29, 1.82) is 0 Å². The van der Waals surface area contributed by atoms with Crippen molar-refractivity contribution in [2.75, 3.05) is 20.2 Å². The number of carbonyl (C=O) groups is 1. The summed E-state index contributed by atoms with van der Waals surface area (Å²) in [6.07, 6.45) is 0.106. The quantitative estimate of drug-likeness (QED) is 0.798. The molecule has 0 bridgehead atoms. The fourth-order valence-corrected chi connectivity index (χ4v) is 2.69. The Morgan fingerprint density at radius 3 is 2.56 bits per heavy atom. The number of nitrogens with zero attached hydrogens (tertiary/aromatic N) is 3. The van der Waals surface area contributed by atoms with Crippen LogP contribution in [-0.4, -0.2) is 53.4 Å². The van der Waals surface area contributed by atoms with Crippen molar-refractivity contribution < 1.29 is 19.0 Å². The van der Waals surface area contributed by atoms with Crippen molar-refractivity contribution in [2.45, 2.75) is 25.6 Å². The van der Waals surface area contributed by atoms with Crippen LogP contribution < -0.4 is 14.2 Å². The Morgan fingerprint density at radius 2 is 1.88 bits per heavy atom. The van der Waals surface area contributed by atoms with Gasteiger partial charge in [0.1, 0.15) is 11.9 Å². The summed E-state index contributed by atoms with van der Waals surface area (Å²) >= 11 is 0. The predicted molar refractivity (Wildman–Crippen MR) is 90.7 cm³/mol. The minimum absolute atomic E-state index is 0.0456. The van der Waals surface area contributed by atoms with Crippen molar-refractivity contribution >= 4 is 5.91 Å². The number of hydrogen-bond acceptors (Lipinski definition) is 6. The van der Waals surface area contributed by atoms with Gasteiger partial charge in [-0.3, -0.25) is 4.79 Å². The highest BCUT2D eigenvalue weighted by atomic mass is 16.5. The highest BCUT2D eigenvalue weighted by Gasteiger charge is 2.31. The van der Waals surface area contributed by atoms with Gasteiger partial charge in [0.2, 0.25) is 11.8 Å². The monoisotopic (exact) mass is 343 g/mol. The Kier molecular flexibility index (Phi) is 5.33. The lowest BCUT2D eigenvalue weighted by atomic mass is 10.3. The lowest BCUT2D eigenvalue weighted by Gasteiger charge is -2.21. The van der Waals surface area contributed by atoms with Crippen LogP contribution in [0.2, 0.25) is 0 Å². The summed E-state index contributed by atoms with van der Waals surface area (Å²) in [7, 11) is 1.53. The fraction of sp³-hybridized carbons (Fsp3) is 0.389. The summed E-state index contributed by atoms with van der Waals surface area (Å²) in [4.78, 5) is 14.3. The predicted octanol–water partition coefficient (Wildman–Crippen LogP) is 1.93. The molecule has 1 saturated heterocycles. The van der Waals surface area contributed by atoms with E-state index in [9.17, 15) is 4.79 Å². The normalized spacial score (nSPS) is 17.8. The van der Waals surface area contributed by atoms with Crippen molar-refractivity contribution in [1.82, 2.24) is 15.1 Å². The zero-order valence-corrected chi connectivity index (χ0v) is 14.3. The Bertz CT molecular complexity index is 693. The first-order valence-electron chi connectivity index (χ1n) is 8.20. The number of likely N-dealkylation sites (tertiary alicyclic amines) is 1. The van der Waals surface area contributed by atoms with Gasteiger partial charge in [-0.1, -0.05) is 18.2 Å². The lowest BCUT2D eigenvalue weighted by molar-refractivity contribution is -0.137. The molecule has 2 heterocycles. The number of carbonyl (C=O) groups excluding carboxylic acids is 1. The SMILES string of the molecule is COc1ccc(O[C@H]2CCN(C(=O)[C@H](C)Oc3ccccc3)C2)nn1. The zero-order valence-electron chi connectivity index (χ0n) is 14.3. The van der Waals surface area contributed by atoms with E-state index < -0.39 is 6.10 Å². The highest BCUT2D eigenvalue weighted by Crippen LogP contribution is 2.19. The first-order valence-corrected chi connectivity index (χ1v) is 8.20. The molecule has 0 radical (unpaired) electrons. The van der Waals surface area contributed by atoms with Gasteiger partial charge in [-0.15, -0.1) is 10.2 Å². The third-order valence-electron chi connectivity index (χ3n) is 3.97. The van der Waals surface area contributed by atoms with Gasteiger partial charge in [-0.25, -0.2) is 0 Å². The van der Waals surface area contributed by atoms with Gasteiger partial charge in [0, 0.05) is 25.1 Å². The van der Waals surface area contributed by atoms with Crippen molar-refractivity contribution in [3.8, 4) is 17.5 Å². The first-order chi connectivity index (χ1) is 12.2. The topological polar surface area (TPSA) is 73.8 Å². The second-order valence-corrected chi connectivity index (χ2v) is 5.80. The van der Waals surface area contributed by atoms with Gasteiger partial charge >= 0.3 is 0 Å². The standard InChI is InChI=1S/C18H21N3O4/c1-13(24-14-6-4-3-5-7-14)18(22)21-11-10-15(12-21)25-17-9-8-16(23-2)19-20-17/h3-9,13,15H,10-12H2,1-2H3/t13-,15-/m0/s1. The molecule has 0 saturated carbocycles. The summed E-state index contributed by atoms with van der Waals surface area (Å²) in [5.74, 6) is 1.50. The van der Waals surface area contributed by atoms with Crippen molar-refractivity contribution in [3.63, 3.8) is 0 Å². The molecular weight excluding hydrogens is 322 g/mol. The molecule has 0 aliphatic carbocycles. The average molecular weight is 343 g/mol. The molecule has 1 fully saturated rings. The number of rotatable bonds is 6. The van der Waals surface area contributed by atoms with Gasteiger partial charge in [0.15, 0.2) is 6.10 Å². The molecule has 7 heteroatoms.